The lowest BCUT2D eigenvalue weighted by Crippen LogP contribution is -2.36. The van der Waals surface area contributed by atoms with Gasteiger partial charge < -0.3 is 25.6 Å². The number of rotatable bonds is 8. The van der Waals surface area contributed by atoms with Gasteiger partial charge in [0.15, 0.2) is 0 Å². The van der Waals surface area contributed by atoms with Crippen molar-refractivity contribution in [2.75, 3.05) is 53.7 Å². The van der Waals surface area contributed by atoms with Crippen LogP contribution in [0, 0.1) is 0 Å². The fraction of sp³-hybridized carbons (Fsp3) is 0.385. The standard InChI is InChI=1S/C26H30F3N7O3S/c1-16(2)35-40(37,38)22-6-4-3-5-21(22)31-24-18-9-10-30-23(18)33-25(34-24)32-20-8-7-17(15-19(20)26(27,28)29)36-11-13-39-14-12-36/h3-8,15-16,35H,9-14H2,1-2H3,(H3,30,31,32,33,34). The molecular formula is C26H30F3N7O3S. The van der Waals surface area contributed by atoms with Gasteiger partial charge in [-0.3, -0.25) is 0 Å². The summed E-state index contributed by atoms with van der Waals surface area (Å²) in [5, 5.41) is 8.94. The van der Waals surface area contributed by atoms with E-state index in [-0.39, 0.29) is 28.3 Å². The highest BCUT2D eigenvalue weighted by atomic mass is 32.2. The number of para-hydroxylation sites is 1. The predicted molar refractivity (Wildman–Crippen MR) is 147 cm³/mol. The van der Waals surface area contributed by atoms with Crippen LogP contribution in [-0.4, -0.2) is 57.3 Å². The van der Waals surface area contributed by atoms with Crippen LogP contribution < -0.4 is 25.6 Å². The molecule has 2 aliphatic rings. The Hall–Kier alpha value is -3.62. The molecular weight excluding hydrogens is 547 g/mol. The van der Waals surface area contributed by atoms with E-state index in [4.69, 9.17) is 4.74 Å². The highest BCUT2D eigenvalue weighted by Gasteiger charge is 2.35. The minimum atomic E-state index is -4.63. The Kier molecular flexibility index (Phi) is 7.75. The van der Waals surface area contributed by atoms with Crippen molar-refractivity contribution in [1.82, 2.24) is 14.7 Å². The summed E-state index contributed by atoms with van der Waals surface area (Å²) in [4.78, 5) is 10.7. The maximum Gasteiger partial charge on any atom is 0.418 e. The zero-order valence-electron chi connectivity index (χ0n) is 22.0. The predicted octanol–water partition coefficient (Wildman–Crippen LogP) is 4.47. The minimum absolute atomic E-state index is 0.0228. The van der Waals surface area contributed by atoms with Crippen LogP contribution in [0.5, 0.6) is 0 Å². The summed E-state index contributed by atoms with van der Waals surface area (Å²) in [6.07, 6.45) is -4.07. The van der Waals surface area contributed by atoms with Crippen LogP contribution in [0.15, 0.2) is 47.4 Å². The summed E-state index contributed by atoms with van der Waals surface area (Å²) in [5.41, 5.74) is 0.387. The van der Waals surface area contributed by atoms with Crippen LogP contribution >= 0.6 is 0 Å². The number of alkyl halides is 3. The maximum absolute atomic E-state index is 14.1. The van der Waals surface area contributed by atoms with Crippen LogP contribution in [0.4, 0.5) is 47.8 Å². The molecule has 0 radical (unpaired) electrons. The normalized spacial score (nSPS) is 15.6. The first kappa shape index (κ1) is 27.9. The monoisotopic (exact) mass is 577 g/mol. The van der Waals surface area contributed by atoms with Gasteiger partial charge in [-0.05, 0) is 50.6 Å². The number of benzene rings is 2. The average Bonchev–Trinajstić information content (AvgIpc) is 3.37. The third kappa shape index (κ3) is 6.08. The van der Waals surface area contributed by atoms with Crippen LogP contribution in [0.3, 0.4) is 0 Å². The van der Waals surface area contributed by atoms with Crippen molar-refractivity contribution in [1.29, 1.82) is 0 Å². The molecule has 0 amide bonds. The van der Waals surface area contributed by atoms with Gasteiger partial charge in [-0.1, -0.05) is 12.1 Å². The Morgan fingerprint density at radius 1 is 1.02 bits per heavy atom. The molecule has 0 unspecified atom stereocenters. The first-order valence-corrected chi connectivity index (χ1v) is 14.3. The van der Waals surface area contributed by atoms with E-state index in [2.05, 4.69) is 30.6 Å². The summed E-state index contributed by atoms with van der Waals surface area (Å²) < 4.78 is 76.1. The third-order valence-electron chi connectivity index (χ3n) is 6.43. The van der Waals surface area contributed by atoms with Crippen molar-refractivity contribution in [2.24, 2.45) is 0 Å². The van der Waals surface area contributed by atoms with Crippen LogP contribution in [0.2, 0.25) is 0 Å². The van der Waals surface area contributed by atoms with Gasteiger partial charge in [0.05, 0.1) is 30.2 Å². The quantitative estimate of drug-likeness (QED) is 0.307. The molecule has 3 heterocycles. The minimum Gasteiger partial charge on any atom is -0.378 e. The maximum atomic E-state index is 14.1. The molecule has 10 nitrogen and oxygen atoms in total. The highest BCUT2D eigenvalue weighted by molar-refractivity contribution is 7.89. The number of ether oxygens (including phenoxy) is 1. The zero-order valence-corrected chi connectivity index (χ0v) is 22.8. The van der Waals surface area contributed by atoms with Crippen molar-refractivity contribution < 1.29 is 26.3 Å². The fourth-order valence-electron chi connectivity index (χ4n) is 4.65. The van der Waals surface area contributed by atoms with E-state index < -0.39 is 21.8 Å². The lowest BCUT2D eigenvalue weighted by molar-refractivity contribution is -0.136. The van der Waals surface area contributed by atoms with E-state index in [0.29, 0.717) is 62.2 Å². The molecule has 0 saturated carbocycles. The summed E-state index contributed by atoms with van der Waals surface area (Å²) in [7, 11) is -3.84. The molecule has 0 bridgehead atoms. The van der Waals surface area contributed by atoms with Crippen LogP contribution in [-0.2, 0) is 27.4 Å². The zero-order chi connectivity index (χ0) is 28.5. The number of hydrogen-bond donors (Lipinski definition) is 4. The molecule has 2 aromatic carbocycles. The molecule has 0 spiro atoms. The molecule has 3 aromatic rings. The summed E-state index contributed by atoms with van der Waals surface area (Å²) in [5.74, 6) is 0.684. The molecule has 2 aliphatic heterocycles. The Morgan fingerprint density at radius 2 is 1.77 bits per heavy atom. The van der Waals surface area contributed by atoms with Gasteiger partial charge in [0.2, 0.25) is 16.0 Å². The van der Waals surface area contributed by atoms with Crippen molar-refractivity contribution >= 4 is 44.7 Å². The average molecular weight is 578 g/mol. The van der Waals surface area contributed by atoms with Gasteiger partial charge in [0.1, 0.15) is 16.5 Å². The first-order chi connectivity index (χ1) is 19.0. The summed E-state index contributed by atoms with van der Waals surface area (Å²) in [6.45, 7) is 5.90. The molecule has 40 heavy (non-hydrogen) atoms. The van der Waals surface area contributed by atoms with E-state index in [1.165, 1.54) is 12.1 Å². The number of halogens is 3. The number of nitrogens with one attached hydrogen (secondary N) is 4. The molecule has 4 N–H and O–H groups in total. The second-order valence-corrected chi connectivity index (χ2v) is 11.4. The topological polar surface area (TPSA) is 121 Å². The third-order valence-corrected chi connectivity index (χ3v) is 8.14. The van der Waals surface area contributed by atoms with Crippen LogP contribution in [0.1, 0.15) is 25.0 Å². The number of sulfonamides is 1. The van der Waals surface area contributed by atoms with Crippen molar-refractivity contribution in [3.8, 4) is 0 Å². The molecule has 1 saturated heterocycles. The first-order valence-electron chi connectivity index (χ1n) is 12.9. The second-order valence-electron chi connectivity index (χ2n) is 9.75. The van der Waals surface area contributed by atoms with Gasteiger partial charge in [-0.25, -0.2) is 13.1 Å². The van der Waals surface area contributed by atoms with Crippen LogP contribution in [0.25, 0.3) is 0 Å². The molecule has 0 aliphatic carbocycles. The number of morpholine rings is 1. The number of anilines is 6. The van der Waals surface area contributed by atoms with Gasteiger partial charge in [-0.2, -0.15) is 23.1 Å². The Morgan fingerprint density at radius 3 is 2.50 bits per heavy atom. The van der Waals surface area contributed by atoms with E-state index in [1.54, 1.807) is 38.1 Å². The molecule has 214 valence electrons. The fourth-order valence-corrected chi connectivity index (χ4v) is 6.07. The van der Waals surface area contributed by atoms with E-state index in [0.717, 1.165) is 6.07 Å². The lowest BCUT2D eigenvalue weighted by Gasteiger charge is -2.29. The Labute approximate surface area is 230 Å². The van der Waals surface area contributed by atoms with Gasteiger partial charge in [0.25, 0.3) is 0 Å². The molecule has 1 fully saturated rings. The number of fused-ring (bicyclic) bond motifs is 1. The van der Waals surface area contributed by atoms with E-state index in [9.17, 15) is 21.6 Å². The highest BCUT2D eigenvalue weighted by Crippen LogP contribution is 2.39. The second kappa shape index (κ2) is 11.1. The van der Waals surface area contributed by atoms with E-state index >= 15 is 0 Å². The summed E-state index contributed by atoms with van der Waals surface area (Å²) in [6, 6.07) is 10.1. The number of nitrogens with zero attached hydrogens (tertiary/aromatic N) is 3. The summed E-state index contributed by atoms with van der Waals surface area (Å²) >= 11 is 0. The van der Waals surface area contributed by atoms with Gasteiger partial charge >= 0.3 is 6.18 Å². The van der Waals surface area contributed by atoms with Crippen molar-refractivity contribution in [3.05, 3.63) is 53.6 Å². The molecule has 1 aromatic heterocycles. The van der Waals surface area contributed by atoms with E-state index in [1.807, 2.05) is 4.90 Å². The number of aromatic nitrogens is 2. The SMILES string of the molecule is CC(C)NS(=O)(=O)c1ccccc1Nc1nc(Nc2ccc(N3CCOCC3)cc2C(F)(F)F)nc2c1CCN2. The molecule has 0 atom stereocenters. The smallest absolute Gasteiger partial charge is 0.378 e. The van der Waals surface area contributed by atoms with Crippen molar-refractivity contribution in [3.63, 3.8) is 0 Å². The number of hydrogen-bond acceptors (Lipinski definition) is 9. The van der Waals surface area contributed by atoms with Crippen molar-refractivity contribution in [2.45, 2.75) is 37.4 Å². The lowest BCUT2D eigenvalue weighted by atomic mass is 10.1. The van der Waals surface area contributed by atoms with Gasteiger partial charge in [0, 0.05) is 36.9 Å². The Balaban J connectivity index is 1.49. The Bertz CT molecular complexity index is 1490. The molecule has 14 heteroatoms. The van der Waals surface area contributed by atoms with Gasteiger partial charge in [-0.15, -0.1) is 0 Å². The molecule has 5 rings (SSSR count). The largest absolute Gasteiger partial charge is 0.418 e.